The summed E-state index contributed by atoms with van der Waals surface area (Å²) in [6, 6.07) is 30.9. The van der Waals surface area contributed by atoms with Crippen LogP contribution in [0, 0.1) is 0 Å². The fourth-order valence-corrected chi connectivity index (χ4v) is 4.69. The van der Waals surface area contributed by atoms with Gasteiger partial charge in [-0.15, -0.1) is 0 Å². The molecule has 4 aromatic rings. The summed E-state index contributed by atoms with van der Waals surface area (Å²) in [5.41, 5.74) is 4.51. The van der Waals surface area contributed by atoms with E-state index in [1.807, 2.05) is 97.1 Å². The first-order valence-corrected chi connectivity index (χ1v) is 14.1. The third kappa shape index (κ3) is 6.98. The van der Waals surface area contributed by atoms with Crippen LogP contribution in [0.15, 0.2) is 103 Å². The maximum Gasteiger partial charge on any atom is 0.422 e. The largest absolute Gasteiger partial charge is 0.497 e. The van der Waals surface area contributed by atoms with Crippen molar-refractivity contribution in [2.45, 2.75) is 19.8 Å². The molecule has 0 radical (unpaired) electrons. The number of carbonyl (C=O) groups is 2. The molecule has 1 saturated heterocycles. The van der Waals surface area contributed by atoms with E-state index in [4.69, 9.17) is 18.9 Å². The lowest BCUT2D eigenvalue weighted by Crippen LogP contribution is -2.30. The van der Waals surface area contributed by atoms with Gasteiger partial charge in [0.2, 0.25) is 0 Å². The number of benzene rings is 4. The Morgan fingerprint density at radius 1 is 0.721 bits per heavy atom. The minimum Gasteiger partial charge on any atom is -0.497 e. The molecule has 0 spiro atoms. The number of rotatable bonds is 12. The number of ether oxygens (including phenoxy) is 4. The Morgan fingerprint density at radius 2 is 1.23 bits per heavy atom. The second-order valence-electron chi connectivity index (χ2n) is 9.90. The van der Waals surface area contributed by atoms with E-state index in [9.17, 15) is 9.59 Å². The average molecular weight is 579 g/mol. The van der Waals surface area contributed by atoms with Crippen LogP contribution >= 0.6 is 0 Å². The lowest BCUT2D eigenvalue weighted by Gasteiger charge is -2.26. The Labute approximate surface area is 251 Å². The zero-order valence-corrected chi connectivity index (χ0v) is 24.5. The van der Waals surface area contributed by atoms with E-state index in [0.29, 0.717) is 13.0 Å². The van der Waals surface area contributed by atoms with Gasteiger partial charge in [-0.25, -0.2) is 9.69 Å². The zero-order chi connectivity index (χ0) is 30.2. The molecular weight excluding hydrogens is 544 g/mol. The number of methoxy groups -OCH3 is 2. The molecule has 4 aromatic carbocycles. The molecule has 2 amide bonds. The SMILES string of the molecule is CCCOc1ccc(CCN2C(=O)O/C(=C/c3ccc(N(c4ccc(OC)cc4)c4ccc(OC)cc4)cc3)C2=O)cc1. The smallest absolute Gasteiger partial charge is 0.422 e. The van der Waals surface area contributed by atoms with E-state index in [2.05, 4.69) is 11.8 Å². The first-order valence-electron chi connectivity index (χ1n) is 14.1. The van der Waals surface area contributed by atoms with Gasteiger partial charge in [0.1, 0.15) is 17.2 Å². The van der Waals surface area contributed by atoms with Gasteiger partial charge in [0.25, 0.3) is 5.91 Å². The van der Waals surface area contributed by atoms with Crippen molar-refractivity contribution in [2.75, 3.05) is 32.3 Å². The van der Waals surface area contributed by atoms with Crippen molar-refractivity contribution < 1.29 is 28.5 Å². The highest BCUT2D eigenvalue weighted by Gasteiger charge is 2.36. The predicted octanol–water partition coefficient (Wildman–Crippen LogP) is 7.52. The highest BCUT2D eigenvalue weighted by molar-refractivity contribution is 6.09. The fraction of sp³-hybridized carbons (Fsp3) is 0.200. The number of hydrogen-bond donors (Lipinski definition) is 0. The van der Waals surface area contributed by atoms with Crippen molar-refractivity contribution in [1.29, 1.82) is 0 Å². The van der Waals surface area contributed by atoms with Crippen LogP contribution in [-0.2, 0) is 16.0 Å². The first kappa shape index (κ1) is 29.3. The van der Waals surface area contributed by atoms with Crippen LogP contribution in [0.25, 0.3) is 6.08 Å². The number of amides is 2. The summed E-state index contributed by atoms with van der Waals surface area (Å²) in [6.45, 7) is 2.94. The number of imide groups is 1. The molecule has 8 nitrogen and oxygen atoms in total. The van der Waals surface area contributed by atoms with Gasteiger partial charge in [-0.1, -0.05) is 31.2 Å². The molecule has 0 bridgehead atoms. The van der Waals surface area contributed by atoms with Gasteiger partial charge in [-0.3, -0.25) is 4.79 Å². The van der Waals surface area contributed by atoms with Crippen molar-refractivity contribution in [1.82, 2.24) is 4.90 Å². The van der Waals surface area contributed by atoms with Crippen molar-refractivity contribution in [3.8, 4) is 17.2 Å². The van der Waals surface area contributed by atoms with E-state index < -0.39 is 12.0 Å². The van der Waals surface area contributed by atoms with Crippen LogP contribution in [0.5, 0.6) is 17.2 Å². The summed E-state index contributed by atoms with van der Waals surface area (Å²) in [5, 5.41) is 0. The average Bonchev–Trinajstić information content (AvgIpc) is 3.32. The maximum absolute atomic E-state index is 13.0. The Hall–Kier alpha value is -5.24. The zero-order valence-electron chi connectivity index (χ0n) is 24.5. The van der Waals surface area contributed by atoms with Crippen LogP contribution in [0.3, 0.4) is 0 Å². The van der Waals surface area contributed by atoms with Crippen molar-refractivity contribution in [3.63, 3.8) is 0 Å². The van der Waals surface area contributed by atoms with Gasteiger partial charge in [0.05, 0.1) is 20.8 Å². The summed E-state index contributed by atoms with van der Waals surface area (Å²) in [7, 11) is 3.27. The van der Waals surface area contributed by atoms with Crippen LogP contribution in [0.1, 0.15) is 24.5 Å². The lowest BCUT2D eigenvalue weighted by atomic mass is 10.1. The van der Waals surface area contributed by atoms with E-state index in [-0.39, 0.29) is 12.3 Å². The Bertz CT molecular complexity index is 1520. The topological polar surface area (TPSA) is 77.5 Å². The van der Waals surface area contributed by atoms with Crippen LogP contribution in [0.2, 0.25) is 0 Å². The molecule has 1 aliphatic rings. The quantitative estimate of drug-likeness (QED) is 0.161. The molecule has 0 saturated carbocycles. The molecule has 0 aliphatic carbocycles. The number of carbonyl (C=O) groups excluding carboxylic acids is 2. The first-order chi connectivity index (χ1) is 21.0. The summed E-state index contributed by atoms with van der Waals surface area (Å²) in [6.07, 6.45) is 2.38. The molecule has 1 heterocycles. The number of nitrogens with zero attached hydrogens (tertiary/aromatic N) is 2. The Balaban J connectivity index is 1.30. The van der Waals surface area contributed by atoms with Gasteiger partial charge in [-0.05, 0) is 103 Å². The predicted molar refractivity (Wildman–Crippen MR) is 166 cm³/mol. The number of cyclic esters (lactones) is 1. The molecule has 0 unspecified atom stereocenters. The molecule has 43 heavy (non-hydrogen) atoms. The van der Waals surface area contributed by atoms with E-state index in [1.165, 1.54) is 0 Å². The molecule has 0 atom stereocenters. The van der Waals surface area contributed by atoms with E-state index >= 15 is 0 Å². The van der Waals surface area contributed by atoms with Gasteiger partial charge in [0, 0.05) is 23.6 Å². The van der Waals surface area contributed by atoms with Gasteiger partial charge in [-0.2, -0.15) is 0 Å². The molecule has 0 aromatic heterocycles. The highest BCUT2D eigenvalue weighted by atomic mass is 16.6. The Morgan fingerprint density at radius 3 is 1.74 bits per heavy atom. The van der Waals surface area contributed by atoms with Crippen LogP contribution in [0.4, 0.5) is 21.9 Å². The van der Waals surface area contributed by atoms with Gasteiger partial charge < -0.3 is 23.8 Å². The number of anilines is 3. The van der Waals surface area contributed by atoms with Crippen molar-refractivity contribution in [3.05, 3.63) is 114 Å². The summed E-state index contributed by atoms with van der Waals surface area (Å²) < 4.78 is 21.6. The Kier molecular flexibility index (Phi) is 9.26. The second-order valence-corrected chi connectivity index (χ2v) is 9.90. The van der Waals surface area contributed by atoms with E-state index in [1.54, 1.807) is 20.3 Å². The molecule has 0 N–H and O–H groups in total. The van der Waals surface area contributed by atoms with Crippen molar-refractivity contribution in [2.24, 2.45) is 0 Å². The third-order valence-corrected chi connectivity index (χ3v) is 7.00. The molecule has 5 rings (SSSR count). The van der Waals surface area contributed by atoms with Crippen LogP contribution in [-0.4, -0.2) is 44.3 Å². The monoisotopic (exact) mass is 578 g/mol. The third-order valence-electron chi connectivity index (χ3n) is 7.00. The highest BCUT2D eigenvalue weighted by Crippen LogP contribution is 2.36. The molecule has 220 valence electrons. The molecular formula is C35H34N2O6. The number of hydrogen-bond acceptors (Lipinski definition) is 7. The maximum atomic E-state index is 13.0. The van der Waals surface area contributed by atoms with Crippen LogP contribution < -0.4 is 19.1 Å². The minimum absolute atomic E-state index is 0.00299. The van der Waals surface area contributed by atoms with Gasteiger partial charge >= 0.3 is 6.09 Å². The molecule has 8 heteroatoms. The molecule has 1 aliphatic heterocycles. The summed E-state index contributed by atoms with van der Waals surface area (Å²) in [4.78, 5) is 28.8. The normalized spacial score (nSPS) is 13.7. The fourth-order valence-electron chi connectivity index (χ4n) is 4.69. The second kappa shape index (κ2) is 13.6. The minimum atomic E-state index is -0.666. The van der Waals surface area contributed by atoms with E-state index in [0.717, 1.165) is 56.8 Å². The summed E-state index contributed by atoms with van der Waals surface area (Å²) in [5.74, 6) is 1.88. The standard InChI is InChI=1S/C35H34N2O6/c1-4-23-42-32-15-7-25(8-16-32)21-22-36-34(38)33(43-35(36)39)24-26-5-9-27(10-6-26)37(28-11-17-30(40-2)18-12-28)29-13-19-31(41-3)20-14-29/h5-20,24H,4,21-23H2,1-3H3/b33-24+. The van der Waals surface area contributed by atoms with Crippen molar-refractivity contribution >= 4 is 35.1 Å². The van der Waals surface area contributed by atoms with Gasteiger partial charge in [0.15, 0.2) is 5.76 Å². The lowest BCUT2D eigenvalue weighted by molar-refractivity contribution is -0.123. The molecule has 1 fully saturated rings. The summed E-state index contributed by atoms with van der Waals surface area (Å²) >= 11 is 0.